The summed E-state index contributed by atoms with van der Waals surface area (Å²) < 4.78 is 7.44. The average Bonchev–Trinajstić information content (AvgIpc) is 3.27. The molecule has 126 valence electrons. The smallest absolute Gasteiger partial charge is 0.226 e. The Hall–Kier alpha value is -2.37. The summed E-state index contributed by atoms with van der Waals surface area (Å²) in [5, 5.41) is 0. The highest BCUT2D eigenvalue weighted by Gasteiger charge is 2.41. The molecule has 2 aromatic rings. The molecule has 2 aliphatic rings. The summed E-state index contributed by atoms with van der Waals surface area (Å²) in [7, 11) is 1.62. The molecule has 1 fully saturated rings. The lowest BCUT2D eigenvalue weighted by Crippen LogP contribution is -2.35. The molecule has 0 spiro atoms. The third-order valence-corrected chi connectivity index (χ3v) is 5.12. The molecule has 6 nitrogen and oxygen atoms in total. The molecule has 2 atom stereocenters. The number of pyridine rings is 1. The molecule has 1 saturated carbocycles. The number of fused-ring (bicyclic) bond motifs is 1. The topological polar surface area (TPSA) is 60.2 Å². The minimum absolute atomic E-state index is 0.249. The van der Waals surface area contributed by atoms with Gasteiger partial charge in [-0.15, -0.1) is 0 Å². The van der Waals surface area contributed by atoms with Crippen LogP contribution in [-0.4, -0.2) is 45.5 Å². The molecule has 6 heteroatoms. The zero-order valence-electron chi connectivity index (χ0n) is 14.1. The van der Waals surface area contributed by atoms with Crippen molar-refractivity contribution in [1.82, 2.24) is 19.4 Å². The van der Waals surface area contributed by atoms with Gasteiger partial charge in [0.1, 0.15) is 5.82 Å². The van der Waals surface area contributed by atoms with Crippen LogP contribution in [0.15, 0.2) is 24.5 Å². The Balaban J connectivity index is 1.56. The summed E-state index contributed by atoms with van der Waals surface area (Å²) in [6.07, 6.45) is 5.50. The van der Waals surface area contributed by atoms with Crippen LogP contribution in [0.4, 0.5) is 0 Å². The van der Waals surface area contributed by atoms with Gasteiger partial charge in [0.25, 0.3) is 0 Å². The summed E-state index contributed by atoms with van der Waals surface area (Å²) in [4.78, 5) is 23.3. The predicted octanol–water partition coefficient (Wildman–Crippen LogP) is 1.99. The number of aromatic nitrogens is 3. The Morgan fingerprint density at radius 3 is 2.88 bits per heavy atom. The zero-order valence-corrected chi connectivity index (χ0v) is 14.1. The zero-order chi connectivity index (χ0) is 16.7. The molecule has 0 bridgehead atoms. The summed E-state index contributed by atoms with van der Waals surface area (Å²) in [5.41, 5.74) is 2.09. The predicted molar refractivity (Wildman–Crippen MR) is 89.6 cm³/mol. The normalized spacial score (nSPS) is 22.7. The van der Waals surface area contributed by atoms with E-state index < -0.39 is 0 Å². The highest BCUT2D eigenvalue weighted by Crippen LogP contribution is 2.39. The third kappa shape index (κ3) is 2.66. The highest BCUT2D eigenvalue weighted by atomic mass is 16.5. The molecule has 0 radical (unpaired) electrons. The van der Waals surface area contributed by atoms with Gasteiger partial charge in [0.2, 0.25) is 11.8 Å². The maximum atomic E-state index is 12.5. The second-order valence-electron chi connectivity index (χ2n) is 6.69. The summed E-state index contributed by atoms with van der Waals surface area (Å²) in [5.74, 6) is 2.76. The number of hydrogen-bond donors (Lipinski definition) is 0. The Morgan fingerprint density at radius 1 is 1.29 bits per heavy atom. The standard InChI is InChI=1S/C18H22N4O2/c1-12-9-14(12)18(23)21-6-4-16-20-11-15(22(16)8-7-21)13-3-5-19-17(10-13)24-2/h3,5,10-12,14H,4,6-9H2,1-2H3/t12-,14+/m1/s1. The Bertz CT molecular complexity index is 770. The first-order valence-electron chi connectivity index (χ1n) is 8.51. The number of rotatable bonds is 3. The molecule has 4 rings (SSSR count). The average molecular weight is 326 g/mol. The van der Waals surface area contributed by atoms with E-state index in [0.717, 1.165) is 49.6 Å². The van der Waals surface area contributed by atoms with E-state index in [1.54, 1.807) is 13.3 Å². The number of carbonyl (C=O) groups excluding carboxylic acids is 1. The van der Waals surface area contributed by atoms with Gasteiger partial charge < -0.3 is 14.2 Å². The molecular formula is C18H22N4O2. The van der Waals surface area contributed by atoms with Gasteiger partial charge in [0, 0.05) is 49.8 Å². The number of methoxy groups -OCH3 is 1. The van der Waals surface area contributed by atoms with Gasteiger partial charge >= 0.3 is 0 Å². The van der Waals surface area contributed by atoms with Gasteiger partial charge in [0.05, 0.1) is 19.0 Å². The number of amides is 1. The Morgan fingerprint density at radius 2 is 2.12 bits per heavy atom. The maximum Gasteiger partial charge on any atom is 0.226 e. The van der Waals surface area contributed by atoms with Gasteiger partial charge in [-0.2, -0.15) is 0 Å². The fraction of sp³-hybridized carbons (Fsp3) is 0.500. The van der Waals surface area contributed by atoms with Crippen LogP contribution in [0.3, 0.4) is 0 Å². The lowest BCUT2D eigenvalue weighted by molar-refractivity contribution is -0.132. The Labute approximate surface area is 141 Å². The van der Waals surface area contributed by atoms with Crippen molar-refractivity contribution in [2.24, 2.45) is 11.8 Å². The van der Waals surface area contributed by atoms with E-state index in [0.29, 0.717) is 17.7 Å². The Kier molecular flexibility index (Phi) is 3.75. The van der Waals surface area contributed by atoms with Crippen LogP contribution in [0.1, 0.15) is 19.2 Å². The molecule has 0 aromatic carbocycles. The first-order valence-corrected chi connectivity index (χ1v) is 8.51. The van der Waals surface area contributed by atoms with E-state index in [9.17, 15) is 4.79 Å². The first kappa shape index (κ1) is 15.2. The van der Waals surface area contributed by atoms with Crippen molar-refractivity contribution in [1.29, 1.82) is 0 Å². The lowest BCUT2D eigenvalue weighted by Gasteiger charge is -2.20. The molecule has 0 saturated heterocycles. The fourth-order valence-electron chi connectivity index (χ4n) is 3.46. The van der Waals surface area contributed by atoms with Gasteiger partial charge in [-0.1, -0.05) is 6.92 Å². The molecule has 0 unspecified atom stereocenters. The van der Waals surface area contributed by atoms with Crippen molar-refractivity contribution < 1.29 is 9.53 Å². The molecule has 1 aliphatic carbocycles. The molecule has 1 amide bonds. The number of carbonyl (C=O) groups is 1. The van der Waals surface area contributed by atoms with Gasteiger partial charge in [-0.3, -0.25) is 4.79 Å². The van der Waals surface area contributed by atoms with Crippen LogP contribution in [0.5, 0.6) is 5.88 Å². The van der Waals surface area contributed by atoms with Crippen LogP contribution in [-0.2, 0) is 17.8 Å². The third-order valence-electron chi connectivity index (χ3n) is 5.12. The lowest BCUT2D eigenvalue weighted by atomic mass is 10.2. The molecule has 1 aliphatic heterocycles. The molecule has 24 heavy (non-hydrogen) atoms. The first-order chi connectivity index (χ1) is 11.7. The van der Waals surface area contributed by atoms with Gasteiger partial charge in [-0.25, -0.2) is 9.97 Å². The number of hydrogen-bond acceptors (Lipinski definition) is 4. The number of nitrogens with zero attached hydrogens (tertiary/aromatic N) is 4. The monoisotopic (exact) mass is 326 g/mol. The second-order valence-corrected chi connectivity index (χ2v) is 6.69. The second kappa shape index (κ2) is 5.92. The van der Waals surface area contributed by atoms with Crippen LogP contribution in [0, 0.1) is 11.8 Å². The van der Waals surface area contributed by atoms with Crippen LogP contribution in [0.25, 0.3) is 11.3 Å². The van der Waals surface area contributed by atoms with E-state index in [-0.39, 0.29) is 5.92 Å². The van der Waals surface area contributed by atoms with E-state index >= 15 is 0 Å². The largest absolute Gasteiger partial charge is 0.481 e. The summed E-state index contributed by atoms with van der Waals surface area (Å²) in [6, 6.07) is 3.89. The summed E-state index contributed by atoms with van der Waals surface area (Å²) >= 11 is 0. The SMILES string of the molecule is COc1cc(-c2cnc3n2CCN(C(=O)[C@H]2C[C@H]2C)CC3)ccn1. The van der Waals surface area contributed by atoms with Gasteiger partial charge in [-0.05, 0) is 18.4 Å². The molecule has 2 aromatic heterocycles. The molecular weight excluding hydrogens is 304 g/mol. The minimum Gasteiger partial charge on any atom is -0.481 e. The number of ether oxygens (including phenoxy) is 1. The van der Waals surface area contributed by atoms with Crippen molar-refractivity contribution >= 4 is 5.91 Å². The van der Waals surface area contributed by atoms with E-state index in [1.807, 2.05) is 23.2 Å². The van der Waals surface area contributed by atoms with Crippen LogP contribution >= 0.6 is 0 Å². The quantitative estimate of drug-likeness (QED) is 0.865. The van der Waals surface area contributed by atoms with E-state index in [2.05, 4.69) is 21.5 Å². The van der Waals surface area contributed by atoms with Crippen LogP contribution in [0.2, 0.25) is 0 Å². The maximum absolute atomic E-state index is 12.5. The van der Waals surface area contributed by atoms with Crippen molar-refractivity contribution in [3.05, 3.63) is 30.4 Å². The van der Waals surface area contributed by atoms with Crippen LogP contribution < -0.4 is 4.74 Å². The van der Waals surface area contributed by atoms with Crippen molar-refractivity contribution in [3.63, 3.8) is 0 Å². The van der Waals surface area contributed by atoms with Gasteiger partial charge in [0.15, 0.2) is 0 Å². The van der Waals surface area contributed by atoms with E-state index in [1.165, 1.54) is 0 Å². The van der Waals surface area contributed by atoms with Crippen molar-refractivity contribution in [2.45, 2.75) is 26.3 Å². The summed E-state index contributed by atoms with van der Waals surface area (Å²) in [6.45, 7) is 4.45. The molecule has 0 N–H and O–H groups in total. The minimum atomic E-state index is 0.249. The van der Waals surface area contributed by atoms with E-state index in [4.69, 9.17) is 4.74 Å². The van der Waals surface area contributed by atoms with Crippen molar-refractivity contribution in [3.8, 4) is 17.1 Å². The highest BCUT2D eigenvalue weighted by molar-refractivity contribution is 5.81. The fourth-order valence-corrected chi connectivity index (χ4v) is 3.46. The van der Waals surface area contributed by atoms with Crippen molar-refractivity contribution in [2.75, 3.05) is 20.2 Å². The molecule has 3 heterocycles. The number of imidazole rings is 1.